The quantitative estimate of drug-likeness (QED) is 0.249. The molecule has 2 aromatic heterocycles. The average Bonchev–Trinajstić information content (AvgIpc) is 3.01. The van der Waals surface area contributed by atoms with Crippen LogP contribution in [0, 0.1) is 0 Å². The van der Waals surface area contributed by atoms with Gasteiger partial charge >= 0.3 is 0 Å². The number of aromatic nitrogens is 2. The van der Waals surface area contributed by atoms with Gasteiger partial charge in [-0.2, -0.15) is 0 Å². The van der Waals surface area contributed by atoms with Crippen LogP contribution < -0.4 is 10.4 Å². The molecular weight excluding hydrogens is 491 g/mol. The number of fused-ring (bicyclic) bond motifs is 2. The molecule has 0 fully saturated rings. The Labute approximate surface area is 217 Å². The van der Waals surface area contributed by atoms with E-state index in [-0.39, 0.29) is 5.92 Å². The third-order valence-electron chi connectivity index (χ3n) is 7.10. The van der Waals surface area contributed by atoms with Gasteiger partial charge in [0.2, 0.25) is 0 Å². The van der Waals surface area contributed by atoms with E-state index in [0.29, 0.717) is 16.6 Å². The van der Waals surface area contributed by atoms with Gasteiger partial charge in [-0.25, -0.2) is 4.98 Å². The van der Waals surface area contributed by atoms with Gasteiger partial charge in [-0.05, 0) is 56.7 Å². The lowest BCUT2D eigenvalue weighted by Gasteiger charge is -2.43. The summed E-state index contributed by atoms with van der Waals surface area (Å²) in [5.74, 6) is -0.0804. The predicted molar refractivity (Wildman–Crippen MR) is 148 cm³/mol. The highest BCUT2D eigenvalue weighted by Gasteiger charge is 2.51. The summed E-state index contributed by atoms with van der Waals surface area (Å²) in [5, 5.41) is 2.53. The number of halogens is 2. The molecular formula is C29H26Cl2N2OSi. The normalized spacial score (nSPS) is 15.3. The molecule has 0 radical (unpaired) electrons. The zero-order chi connectivity index (χ0) is 24.6. The Morgan fingerprint density at radius 2 is 1.46 bits per heavy atom. The van der Waals surface area contributed by atoms with Gasteiger partial charge in [-0.3, -0.25) is 4.98 Å². The zero-order valence-corrected chi connectivity index (χ0v) is 22.1. The third kappa shape index (κ3) is 4.36. The van der Waals surface area contributed by atoms with E-state index in [1.54, 1.807) is 12.4 Å². The highest BCUT2D eigenvalue weighted by molar-refractivity contribution is 6.98. The third-order valence-corrected chi connectivity index (χ3v) is 12.0. The second-order valence-electron chi connectivity index (χ2n) is 9.68. The molecule has 0 saturated heterocycles. The Hall–Kier alpha value is -2.76. The van der Waals surface area contributed by atoms with Crippen LogP contribution in [-0.4, -0.2) is 23.1 Å². The maximum Gasteiger partial charge on any atom is 0.258 e. The summed E-state index contributed by atoms with van der Waals surface area (Å²) in [4.78, 5) is 21.7. The molecule has 0 bridgehead atoms. The first-order valence-corrected chi connectivity index (χ1v) is 14.3. The minimum absolute atomic E-state index is 0.0804. The SMILES string of the molecule is CC(C)(CC1c2cc(Cl)ncc2C=Cc2ncc(Cl)cc21)[Si](O)(c1ccccc1)c1ccccc1. The second-order valence-corrected chi connectivity index (χ2v) is 14.4. The summed E-state index contributed by atoms with van der Waals surface area (Å²) in [6, 6.07) is 24.1. The van der Waals surface area contributed by atoms with Crippen LogP contribution in [0.15, 0.2) is 85.2 Å². The van der Waals surface area contributed by atoms with E-state index >= 15 is 0 Å². The van der Waals surface area contributed by atoms with Gasteiger partial charge < -0.3 is 4.80 Å². The van der Waals surface area contributed by atoms with Crippen molar-refractivity contribution in [2.45, 2.75) is 31.2 Å². The fourth-order valence-electron chi connectivity index (χ4n) is 5.30. The van der Waals surface area contributed by atoms with Crippen LogP contribution in [0.1, 0.15) is 48.6 Å². The minimum Gasteiger partial charge on any atom is -0.424 e. The fraction of sp³-hybridized carbons (Fsp3) is 0.172. The Morgan fingerprint density at radius 1 is 0.829 bits per heavy atom. The topological polar surface area (TPSA) is 46.0 Å². The first-order valence-electron chi connectivity index (χ1n) is 11.6. The lowest BCUT2D eigenvalue weighted by Crippen LogP contribution is -2.65. The number of hydrogen-bond acceptors (Lipinski definition) is 3. The van der Waals surface area contributed by atoms with Crippen molar-refractivity contribution in [3.63, 3.8) is 0 Å². The van der Waals surface area contributed by atoms with Gasteiger partial charge in [0.1, 0.15) is 5.15 Å². The van der Waals surface area contributed by atoms with Gasteiger partial charge in [-0.15, -0.1) is 0 Å². The van der Waals surface area contributed by atoms with Crippen LogP contribution in [0.2, 0.25) is 15.2 Å². The van der Waals surface area contributed by atoms with Crippen LogP contribution >= 0.6 is 23.2 Å². The lowest BCUT2D eigenvalue weighted by molar-refractivity contribution is 0.451. The van der Waals surface area contributed by atoms with Crippen molar-refractivity contribution in [2.24, 2.45) is 0 Å². The second kappa shape index (κ2) is 9.36. The maximum absolute atomic E-state index is 12.7. The number of hydrogen-bond donors (Lipinski definition) is 1. The van der Waals surface area contributed by atoms with E-state index < -0.39 is 13.4 Å². The van der Waals surface area contributed by atoms with Crippen molar-refractivity contribution < 1.29 is 4.80 Å². The molecule has 176 valence electrons. The molecule has 6 heteroatoms. The number of rotatable bonds is 5. The van der Waals surface area contributed by atoms with Crippen LogP contribution in [0.25, 0.3) is 12.2 Å². The molecule has 0 aliphatic heterocycles. The van der Waals surface area contributed by atoms with E-state index in [0.717, 1.165) is 32.8 Å². The summed E-state index contributed by atoms with van der Waals surface area (Å²) < 4.78 is 0. The summed E-state index contributed by atoms with van der Waals surface area (Å²) >= 11 is 12.8. The Morgan fingerprint density at radius 3 is 2.09 bits per heavy atom. The zero-order valence-electron chi connectivity index (χ0n) is 19.6. The van der Waals surface area contributed by atoms with E-state index in [9.17, 15) is 4.80 Å². The van der Waals surface area contributed by atoms with Crippen LogP contribution in [0.3, 0.4) is 0 Å². The van der Waals surface area contributed by atoms with Gasteiger partial charge in [0.25, 0.3) is 8.32 Å². The molecule has 35 heavy (non-hydrogen) atoms. The van der Waals surface area contributed by atoms with Gasteiger partial charge in [-0.1, -0.05) is 104 Å². The van der Waals surface area contributed by atoms with Crippen molar-refractivity contribution in [1.82, 2.24) is 9.97 Å². The monoisotopic (exact) mass is 516 g/mol. The summed E-state index contributed by atoms with van der Waals surface area (Å²) in [6.07, 6.45) is 8.19. The van der Waals surface area contributed by atoms with Crippen LogP contribution in [0.4, 0.5) is 0 Å². The maximum atomic E-state index is 12.7. The fourth-order valence-corrected chi connectivity index (χ4v) is 9.38. The molecule has 1 N–H and O–H groups in total. The van der Waals surface area contributed by atoms with E-state index in [1.807, 2.05) is 60.7 Å². The molecule has 1 unspecified atom stereocenters. The summed E-state index contributed by atoms with van der Waals surface area (Å²) in [7, 11) is -3.22. The number of benzene rings is 2. The van der Waals surface area contributed by atoms with Crippen molar-refractivity contribution in [2.75, 3.05) is 0 Å². The molecule has 0 amide bonds. The predicted octanol–water partition coefficient (Wildman–Crippen LogP) is 6.32. The smallest absolute Gasteiger partial charge is 0.258 e. The van der Waals surface area contributed by atoms with Crippen molar-refractivity contribution in [3.05, 3.63) is 118 Å². The van der Waals surface area contributed by atoms with Gasteiger partial charge in [0, 0.05) is 18.3 Å². The minimum atomic E-state index is -3.22. The molecule has 2 aromatic carbocycles. The van der Waals surface area contributed by atoms with Gasteiger partial charge in [0.15, 0.2) is 0 Å². The molecule has 0 saturated carbocycles. The van der Waals surface area contributed by atoms with Crippen molar-refractivity contribution >= 4 is 54.0 Å². The summed E-state index contributed by atoms with van der Waals surface area (Å²) in [5.41, 5.74) is 3.95. The molecule has 2 heterocycles. The summed E-state index contributed by atoms with van der Waals surface area (Å²) in [6.45, 7) is 4.36. The Balaban J connectivity index is 1.70. The largest absolute Gasteiger partial charge is 0.424 e. The Kier molecular flexibility index (Phi) is 6.41. The number of nitrogens with zero attached hydrogens (tertiary/aromatic N) is 2. The Bertz CT molecular complexity index is 1300. The molecule has 1 atom stereocenters. The van der Waals surface area contributed by atoms with Gasteiger partial charge in [0.05, 0.1) is 10.7 Å². The average molecular weight is 518 g/mol. The van der Waals surface area contributed by atoms with E-state index in [2.05, 4.69) is 48.1 Å². The van der Waals surface area contributed by atoms with Crippen molar-refractivity contribution in [3.8, 4) is 0 Å². The standard InChI is InChI=1S/C29H26Cl2N2OSi/c1-29(2,35(34,22-9-5-3-6-10-22)23-11-7-4-8-12-23)17-26-24-16-28(31)33-18-20(24)13-14-27-25(26)15-21(30)19-32-27/h3-16,18-19,26,34H,17H2,1-2H3. The number of pyridine rings is 2. The molecule has 1 aliphatic rings. The first-order chi connectivity index (χ1) is 16.8. The van der Waals surface area contributed by atoms with Crippen molar-refractivity contribution in [1.29, 1.82) is 0 Å². The molecule has 3 nitrogen and oxygen atoms in total. The van der Waals surface area contributed by atoms with Crippen LogP contribution in [-0.2, 0) is 0 Å². The van der Waals surface area contributed by atoms with E-state index in [4.69, 9.17) is 23.2 Å². The highest BCUT2D eigenvalue weighted by atomic mass is 35.5. The lowest BCUT2D eigenvalue weighted by atomic mass is 9.83. The highest BCUT2D eigenvalue weighted by Crippen LogP contribution is 2.48. The first kappa shape index (κ1) is 24.0. The molecule has 0 spiro atoms. The molecule has 4 aromatic rings. The van der Waals surface area contributed by atoms with E-state index in [1.165, 1.54) is 0 Å². The van der Waals surface area contributed by atoms with Crippen LogP contribution in [0.5, 0.6) is 0 Å². The molecule has 1 aliphatic carbocycles. The molecule has 5 rings (SSSR count).